The maximum Gasteiger partial charge on any atom is 0.165 e. The van der Waals surface area contributed by atoms with Gasteiger partial charge in [0.25, 0.3) is 0 Å². The molecule has 2 aliphatic carbocycles. The van der Waals surface area contributed by atoms with Crippen molar-refractivity contribution in [2.45, 2.75) is 24.2 Å². The van der Waals surface area contributed by atoms with E-state index in [0.29, 0.717) is 40.9 Å². The molecule has 6 nitrogen and oxygen atoms in total. The highest BCUT2D eigenvalue weighted by atomic mass is 35.5. The van der Waals surface area contributed by atoms with Gasteiger partial charge in [0.05, 0.1) is 31.7 Å². The minimum Gasteiger partial charge on any atom is -0.375 e. The van der Waals surface area contributed by atoms with E-state index in [1.807, 2.05) is 6.33 Å². The van der Waals surface area contributed by atoms with E-state index in [1.165, 1.54) is 6.33 Å². The zero-order chi connectivity index (χ0) is 26.7. The molecule has 3 fully saturated rings. The molecule has 3 aromatic carbocycles. The maximum absolute atomic E-state index is 7.32. The molecule has 3 heterocycles. The fraction of sp³-hybridized carbons (Fsp3) is 0.303. The van der Waals surface area contributed by atoms with Crippen LogP contribution in [0.1, 0.15) is 29.2 Å². The van der Waals surface area contributed by atoms with Crippen LogP contribution in [0.3, 0.4) is 0 Å². The molecule has 8 rings (SSSR count). The number of halogens is 1. The molecule has 6 atom stereocenters. The Kier molecular flexibility index (Phi) is 5.76. The van der Waals surface area contributed by atoms with Crippen molar-refractivity contribution in [3.05, 3.63) is 125 Å². The first kappa shape index (κ1) is 24.2. The SMILES string of the molecule is Clc1ncnc2c1ncn2C1C2CC3C(COC31)C2COC(c1ccccc1)(c1ccccc1)c1ccccc1. The van der Waals surface area contributed by atoms with E-state index in [-0.39, 0.29) is 12.1 Å². The average Bonchev–Trinajstić information content (AvgIpc) is 3.76. The molecule has 0 N–H and O–H groups in total. The summed E-state index contributed by atoms with van der Waals surface area (Å²) in [4.78, 5) is 13.3. The first-order valence-electron chi connectivity index (χ1n) is 14.0. The molecule has 3 aliphatic rings. The van der Waals surface area contributed by atoms with Gasteiger partial charge in [0, 0.05) is 0 Å². The van der Waals surface area contributed by atoms with Gasteiger partial charge in [0.2, 0.25) is 0 Å². The normalized spacial score (nSPS) is 27.0. The molecule has 1 saturated heterocycles. The number of aromatic nitrogens is 4. The molecular weight excluding hydrogens is 520 g/mol. The lowest BCUT2D eigenvalue weighted by molar-refractivity contribution is -0.0325. The van der Waals surface area contributed by atoms with Gasteiger partial charge < -0.3 is 14.0 Å². The molecule has 7 heteroatoms. The van der Waals surface area contributed by atoms with Gasteiger partial charge >= 0.3 is 0 Å². The molecule has 0 radical (unpaired) electrons. The van der Waals surface area contributed by atoms with Crippen LogP contribution in [0.2, 0.25) is 5.15 Å². The van der Waals surface area contributed by atoms with Crippen LogP contribution in [0.5, 0.6) is 0 Å². The topological polar surface area (TPSA) is 62.1 Å². The summed E-state index contributed by atoms with van der Waals surface area (Å²) < 4.78 is 16.0. The molecule has 2 saturated carbocycles. The van der Waals surface area contributed by atoms with E-state index in [0.717, 1.165) is 35.4 Å². The van der Waals surface area contributed by atoms with Crippen LogP contribution >= 0.6 is 11.6 Å². The third-order valence-electron chi connectivity index (χ3n) is 9.54. The van der Waals surface area contributed by atoms with Crippen LogP contribution < -0.4 is 0 Å². The monoisotopic (exact) mass is 548 g/mol. The van der Waals surface area contributed by atoms with E-state index < -0.39 is 5.60 Å². The van der Waals surface area contributed by atoms with Crippen molar-refractivity contribution >= 4 is 22.8 Å². The summed E-state index contributed by atoms with van der Waals surface area (Å²) in [7, 11) is 0. The van der Waals surface area contributed by atoms with Crippen LogP contribution in [-0.4, -0.2) is 38.8 Å². The van der Waals surface area contributed by atoms with E-state index >= 15 is 0 Å². The second-order valence-electron chi connectivity index (χ2n) is 11.3. The molecule has 200 valence electrons. The van der Waals surface area contributed by atoms with Gasteiger partial charge in [-0.2, -0.15) is 0 Å². The summed E-state index contributed by atoms with van der Waals surface area (Å²) in [6, 6.07) is 32.0. The third-order valence-corrected chi connectivity index (χ3v) is 9.82. The molecule has 6 unspecified atom stereocenters. The number of hydrogen-bond acceptors (Lipinski definition) is 5. The van der Waals surface area contributed by atoms with Gasteiger partial charge in [-0.1, -0.05) is 103 Å². The number of nitrogens with zero attached hydrogens (tertiary/aromatic N) is 4. The lowest BCUT2D eigenvalue weighted by Crippen LogP contribution is -2.40. The van der Waals surface area contributed by atoms with E-state index in [4.69, 9.17) is 21.1 Å². The summed E-state index contributed by atoms with van der Waals surface area (Å²) in [6.45, 7) is 1.40. The molecule has 1 aliphatic heterocycles. The summed E-state index contributed by atoms with van der Waals surface area (Å²) in [5.41, 5.74) is 4.06. The summed E-state index contributed by atoms with van der Waals surface area (Å²) in [5.74, 6) is 1.74. The van der Waals surface area contributed by atoms with Crippen molar-refractivity contribution < 1.29 is 9.47 Å². The molecule has 0 amide bonds. The van der Waals surface area contributed by atoms with Crippen molar-refractivity contribution in [1.82, 2.24) is 19.5 Å². The van der Waals surface area contributed by atoms with Crippen molar-refractivity contribution in [2.75, 3.05) is 13.2 Å². The Bertz CT molecular complexity index is 1550. The maximum atomic E-state index is 7.32. The second-order valence-corrected chi connectivity index (χ2v) is 11.6. The Morgan fingerprint density at radius 3 is 2.05 bits per heavy atom. The van der Waals surface area contributed by atoms with Crippen molar-refractivity contribution in [3.8, 4) is 0 Å². The standard InChI is InChI=1S/C33H29ClN4O2/c34-31-28-32(36-19-35-31)38(20-37-28)29-24-16-25-26(17-39-30(25)29)27(24)18-40-33(21-10-4-1-5-11-21,22-12-6-2-7-13-22)23-14-8-3-9-15-23/h1-15,19-20,24-27,29-30H,16-18H2. The Morgan fingerprint density at radius 1 is 0.800 bits per heavy atom. The number of ether oxygens (including phenoxy) is 2. The third kappa shape index (κ3) is 3.53. The van der Waals surface area contributed by atoms with E-state index in [9.17, 15) is 0 Å². The highest BCUT2D eigenvalue weighted by Crippen LogP contribution is 2.62. The Balaban J connectivity index is 1.20. The van der Waals surface area contributed by atoms with E-state index in [2.05, 4.69) is 111 Å². The first-order valence-corrected chi connectivity index (χ1v) is 14.4. The summed E-state index contributed by atoms with van der Waals surface area (Å²) >= 11 is 6.36. The molecule has 5 aromatic rings. The Morgan fingerprint density at radius 2 is 1.43 bits per heavy atom. The number of imidazole rings is 1. The van der Waals surface area contributed by atoms with Gasteiger partial charge in [-0.3, -0.25) is 0 Å². The smallest absolute Gasteiger partial charge is 0.165 e. The van der Waals surface area contributed by atoms with Gasteiger partial charge in [0.1, 0.15) is 17.4 Å². The first-order chi connectivity index (χ1) is 19.8. The fourth-order valence-electron chi connectivity index (χ4n) is 7.90. The van der Waals surface area contributed by atoms with Crippen LogP contribution in [0, 0.1) is 23.7 Å². The predicted molar refractivity (Wildman–Crippen MR) is 153 cm³/mol. The molecule has 0 spiro atoms. The van der Waals surface area contributed by atoms with Crippen LogP contribution in [0.15, 0.2) is 104 Å². The zero-order valence-electron chi connectivity index (χ0n) is 21.9. The zero-order valence-corrected chi connectivity index (χ0v) is 22.6. The lowest BCUT2D eigenvalue weighted by Gasteiger charge is -2.40. The fourth-order valence-corrected chi connectivity index (χ4v) is 8.08. The van der Waals surface area contributed by atoms with Gasteiger partial charge in [-0.05, 0) is 46.8 Å². The second kappa shape index (κ2) is 9.51. The molecule has 2 aromatic heterocycles. The molecule has 2 bridgehead atoms. The van der Waals surface area contributed by atoms with Crippen molar-refractivity contribution in [3.63, 3.8) is 0 Å². The Labute approximate surface area is 238 Å². The predicted octanol–water partition coefficient (Wildman–Crippen LogP) is 6.31. The van der Waals surface area contributed by atoms with Gasteiger partial charge in [-0.25, -0.2) is 15.0 Å². The highest BCUT2D eigenvalue weighted by molar-refractivity contribution is 6.33. The van der Waals surface area contributed by atoms with Gasteiger partial charge in [-0.15, -0.1) is 0 Å². The van der Waals surface area contributed by atoms with Gasteiger partial charge in [0.15, 0.2) is 10.8 Å². The number of benzene rings is 3. The number of fused-ring (bicyclic) bond motifs is 2. The average molecular weight is 549 g/mol. The summed E-state index contributed by atoms with van der Waals surface area (Å²) in [6.07, 6.45) is 4.68. The number of rotatable bonds is 7. The van der Waals surface area contributed by atoms with Crippen LogP contribution in [0.4, 0.5) is 0 Å². The molecule has 40 heavy (non-hydrogen) atoms. The minimum atomic E-state index is -0.734. The van der Waals surface area contributed by atoms with E-state index in [1.54, 1.807) is 0 Å². The van der Waals surface area contributed by atoms with Crippen LogP contribution in [0.25, 0.3) is 11.2 Å². The quantitative estimate of drug-likeness (QED) is 0.176. The Hall–Kier alpha value is -3.58. The van der Waals surface area contributed by atoms with Crippen LogP contribution in [-0.2, 0) is 15.1 Å². The highest BCUT2D eigenvalue weighted by Gasteiger charge is 2.63. The van der Waals surface area contributed by atoms with Crippen molar-refractivity contribution in [1.29, 1.82) is 0 Å². The number of hydrogen-bond donors (Lipinski definition) is 0. The molecular formula is C33H29ClN4O2. The summed E-state index contributed by atoms with van der Waals surface area (Å²) in [5, 5.41) is 0.385. The van der Waals surface area contributed by atoms with Crippen molar-refractivity contribution in [2.24, 2.45) is 23.7 Å². The lowest BCUT2D eigenvalue weighted by atomic mass is 9.77. The largest absolute Gasteiger partial charge is 0.375 e. The minimum absolute atomic E-state index is 0.146.